The van der Waals surface area contributed by atoms with Gasteiger partial charge in [-0.05, 0) is 36.4 Å². The van der Waals surface area contributed by atoms with Crippen LogP contribution in [0, 0.1) is 11.3 Å². The zero-order valence-corrected chi connectivity index (χ0v) is 23.2. The zero-order valence-electron chi connectivity index (χ0n) is 23.2. The number of carbonyl (C=O) groups is 2. The van der Waals surface area contributed by atoms with Crippen LogP contribution in [0.3, 0.4) is 0 Å². The number of likely N-dealkylation sites (N-methyl/N-ethyl adjacent to an activating group) is 2. The van der Waals surface area contributed by atoms with Gasteiger partial charge in [0.15, 0.2) is 0 Å². The molecule has 2 N–H and O–H groups in total. The van der Waals surface area contributed by atoms with Crippen molar-refractivity contribution >= 4 is 11.8 Å². The van der Waals surface area contributed by atoms with Crippen LogP contribution in [0.2, 0.25) is 0 Å². The van der Waals surface area contributed by atoms with Crippen LogP contribution in [-0.2, 0) is 19.7 Å². The van der Waals surface area contributed by atoms with Crippen molar-refractivity contribution in [3.8, 4) is 0 Å². The van der Waals surface area contributed by atoms with Crippen molar-refractivity contribution in [2.45, 2.75) is 78.9 Å². The summed E-state index contributed by atoms with van der Waals surface area (Å²) in [6.45, 7) is 16.7. The van der Waals surface area contributed by atoms with Crippen molar-refractivity contribution in [2.24, 2.45) is 11.3 Å². The average Bonchev–Trinajstić information content (AvgIpc) is 2.75. The molecule has 0 bridgehead atoms. The van der Waals surface area contributed by atoms with Gasteiger partial charge in [-0.1, -0.05) is 84.9 Å². The Kier molecular flexibility index (Phi) is 11.0. The average molecular weight is 474 g/mol. The van der Waals surface area contributed by atoms with Gasteiger partial charge in [-0.2, -0.15) is 0 Å². The third-order valence-corrected chi connectivity index (χ3v) is 6.50. The van der Waals surface area contributed by atoms with Crippen molar-refractivity contribution < 1.29 is 14.3 Å². The Morgan fingerprint density at radius 3 is 2.06 bits per heavy atom. The SMILES string of the molecule is CN[C@H](C(=O)N[C@H](C(=O)N(C)[C@H](/C=C(\C)COC)C(C)C)C(C)(C)C)C(C)(C)c1ccccc1. The smallest absolute Gasteiger partial charge is 0.245 e. The molecule has 0 aromatic heterocycles. The van der Waals surface area contributed by atoms with E-state index in [1.165, 1.54) is 0 Å². The molecule has 0 saturated heterocycles. The van der Waals surface area contributed by atoms with Gasteiger partial charge in [0.1, 0.15) is 6.04 Å². The Hall–Kier alpha value is -2.18. The first-order valence-electron chi connectivity index (χ1n) is 12.1. The maximum Gasteiger partial charge on any atom is 0.245 e. The molecule has 0 radical (unpaired) electrons. The molecule has 2 amide bonds. The van der Waals surface area contributed by atoms with Gasteiger partial charge in [0.05, 0.1) is 18.7 Å². The summed E-state index contributed by atoms with van der Waals surface area (Å²) >= 11 is 0. The fourth-order valence-corrected chi connectivity index (χ4v) is 4.40. The minimum absolute atomic E-state index is 0.103. The van der Waals surface area contributed by atoms with Gasteiger partial charge in [0, 0.05) is 19.6 Å². The molecule has 0 unspecified atom stereocenters. The summed E-state index contributed by atoms with van der Waals surface area (Å²) in [5, 5.41) is 6.29. The van der Waals surface area contributed by atoms with Gasteiger partial charge in [0.25, 0.3) is 0 Å². The van der Waals surface area contributed by atoms with Crippen LogP contribution in [0.1, 0.15) is 61.0 Å². The van der Waals surface area contributed by atoms with Gasteiger partial charge in [-0.3, -0.25) is 9.59 Å². The number of hydrogen-bond donors (Lipinski definition) is 2. The van der Waals surface area contributed by atoms with Crippen molar-refractivity contribution in [3.63, 3.8) is 0 Å². The molecule has 0 aliphatic carbocycles. The van der Waals surface area contributed by atoms with Crippen molar-refractivity contribution in [1.82, 2.24) is 15.5 Å². The predicted molar refractivity (Wildman–Crippen MR) is 141 cm³/mol. The van der Waals surface area contributed by atoms with E-state index in [0.717, 1.165) is 11.1 Å². The standard InChI is InChI=1S/C28H47N3O3/c1-19(2)22(17-20(3)18-34-11)31(10)26(33)24(27(4,5)6)30-25(32)23(29-9)28(7,8)21-15-13-12-14-16-21/h12-17,19,22-24,29H,18H2,1-11H3,(H,30,32)/b20-17+/t22-,23-,24-/m1/s1. The number of carbonyl (C=O) groups excluding carboxylic acids is 2. The molecule has 1 rings (SSSR count). The minimum atomic E-state index is -0.676. The Bertz CT molecular complexity index is 825. The molecule has 0 saturated carbocycles. The van der Waals surface area contributed by atoms with Crippen LogP contribution in [0.4, 0.5) is 0 Å². The number of benzene rings is 1. The second-order valence-corrected chi connectivity index (χ2v) is 11.2. The molecule has 0 heterocycles. The van der Waals surface area contributed by atoms with E-state index in [9.17, 15) is 9.59 Å². The highest BCUT2D eigenvalue weighted by Crippen LogP contribution is 2.29. The maximum atomic E-state index is 13.8. The number of hydrogen-bond acceptors (Lipinski definition) is 4. The van der Waals surface area contributed by atoms with E-state index in [4.69, 9.17) is 4.74 Å². The van der Waals surface area contributed by atoms with Crippen LogP contribution in [0.15, 0.2) is 42.0 Å². The fraction of sp³-hybridized carbons (Fsp3) is 0.643. The molecule has 0 spiro atoms. The topological polar surface area (TPSA) is 70.7 Å². The van der Waals surface area contributed by atoms with Crippen molar-refractivity contribution in [1.29, 1.82) is 0 Å². The molecule has 3 atom stereocenters. The molecule has 6 heteroatoms. The molecule has 0 aliphatic heterocycles. The third kappa shape index (κ3) is 7.67. The van der Waals surface area contributed by atoms with Crippen molar-refractivity contribution in [2.75, 3.05) is 27.8 Å². The van der Waals surface area contributed by atoms with E-state index in [1.54, 1.807) is 19.1 Å². The molecule has 192 valence electrons. The fourth-order valence-electron chi connectivity index (χ4n) is 4.40. The van der Waals surface area contributed by atoms with E-state index < -0.39 is 22.9 Å². The first-order valence-corrected chi connectivity index (χ1v) is 12.1. The Morgan fingerprint density at radius 2 is 1.62 bits per heavy atom. The highest BCUT2D eigenvalue weighted by Gasteiger charge is 2.41. The van der Waals surface area contributed by atoms with E-state index in [1.807, 2.05) is 78.9 Å². The highest BCUT2D eigenvalue weighted by atomic mass is 16.5. The van der Waals surface area contributed by atoms with Crippen LogP contribution in [-0.4, -0.2) is 62.7 Å². The second-order valence-electron chi connectivity index (χ2n) is 11.2. The lowest BCUT2D eigenvalue weighted by molar-refractivity contribution is -0.140. The summed E-state index contributed by atoms with van der Waals surface area (Å²) < 4.78 is 5.25. The van der Waals surface area contributed by atoms with Gasteiger partial charge >= 0.3 is 0 Å². The van der Waals surface area contributed by atoms with Gasteiger partial charge in [-0.15, -0.1) is 0 Å². The Balaban J connectivity index is 3.25. The summed E-state index contributed by atoms with van der Waals surface area (Å²) in [4.78, 5) is 29.1. The zero-order chi connectivity index (χ0) is 26.3. The minimum Gasteiger partial charge on any atom is -0.380 e. The monoisotopic (exact) mass is 473 g/mol. The van der Waals surface area contributed by atoms with E-state index in [2.05, 4.69) is 30.6 Å². The second kappa shape index (κ2) is 12.5. The van der Waals surface area contributed by atoms with E-state index in [0.29, 0.717) is 6.61 Å². The van der Waals surface area contributed by atoms with Crippen LogP contribution >= 0.6 is 0 Å². The van der Waals surface area contributed by atoms with Gasteiger partial charge < -0.3 is 20.3 Å². The lowest BCUT2D eigenvalue weighted by atomic mass is 9.76. The molecule has 1 aromatic rings. The molecule has 0 fully saturated rings. The molecule has 0 aliphatic rings. The van der Waals surface area contributed by atoms with Gasteiger partial charge in [-0.25, -0.2) is 0 Å². The molecule has 6 nitrogen and oxygen atoms in total. The number of amides is 2. The van der Waals surface area contributed by atoms with Gasteiger partial charge in [0.2, 0.25) is 11.8 Å². The number of rotatable bonds is 11. The molecular weight excluding hydrogens is 426 g/mol. The molecule has 1 aromatic carbocycles. The lowest BCUT2D eigenvalue weighted by Crippen LogP contribution is -2.61. The van der Waals surface area contributed by atoms with Crippen molar-refractivity contribution in [3.05, 3.63) is 47.5 Å². The summed E-state index contributed by atoms with van der Waals surface area (Å²) in [7, 11) is 5.27. The quantitative estimate of drug-likeness (QED) is 0.474. The summed E-state index contributed by atoms with van der Waals surface area (Å²) in [6.07, 6.45) is 2.09. The number of ether oxygens (including phenoxy) is 1. The molecule has 34 heavy (non-hydrogen) atoms. The Morgan fingerprint density at radius 1 is 1.06 bits per heavy atom. The third-order valence-electron chi connectivity index (χ3n) is 6.50. The van der Waals surface area contributed by atoms with Crippen LogP contribution in [0.25, 0.3) is 0 Å². The maximum absolute atomic E-state index is 13.8. The normalized spacial score (nSPS) is 15.6. The number of methoxy groups -OCH3 is 1. The summed E-state index contributed by atoms with van der Waals surface area (Å²) in [6, 6.07) is 8.68. The molecular formula is C28H47N3O3. The number of nitrogens with zero attached hydrogens (tertiary/aromatic N) is 1. The first-order chi connectivity index (χ1) is 15.7. The Labute approximate surface area is 207 Å². The number of nitrogens with one attached hydrogen (secondary N) is 2. The predicted octanol–water partition coefficient (Wildman–Crippen LogP) is 4.16. The van der Waals surface area contributed by atoms with Crippen LogP contribution < -0.4 is 10.6 Å². The summed E-state index contributed by atoms with van der Waals surface area (Å²) in [5.74, 6) is -0.0854. The highest BCUT2D eigenvalue weighted by molar-refractivity contribution is 5.91. The lowest BCUT2D eigenvalue weighted by Gasteiger charge is -2.40. The van der Waals surface area contributed by atoms with E-state index >= 15 is 0 Å². The van der Waals surface area contributed by atoms with E-state index in [-0.39, 0.29) is 23.8 Å². The van der Waals surface area contributed by atoms with Crippen LogP contribution in [0.5, 0.6) is 0 Å². The summed E-state index contributed by atoms with van der Waals surface area (Å²) in [5.41, 5.74) is 1.18. The first kappa shape index (κ1) is 29.9. The largest absolute Gasteiger partial charge is 0.380 e.